The van der Waals surface area contributed by atoms with Gasteiger partial charge in [0.1, 0.15) is 11.6 Å². The lowest BCUT2D eigenvalue weighted by Crippen LogP contribution is -2.27. The third-order valence-corrected chi connectivity index (χ3v) is 7.85. The van der Waals surface area contributed by atoms with Gasteiger partial charge in [0.05, 0.1) is 21.6 Å². The van der Waals surface area contributed by atoms with Gasteiger partial charge in [0.15, 0.2) is 0 Å². The lowest BCUT2D eigenvalue weighted by molar-refractivity contribution is -0.116. The minimum absolute atomic E-state index is 0.0355. The summed E-state index contributed by atoms with van der Waals surface area (Å²) in [4.78, 5) is 17.4. The number of nitrogens with one attached hydrogen (secondary N) is 1. The minimum atomic E-state index is -3.52. The summed E-state index contributed by atoms with van der Waals surface area (Å²) in [6, 6.07) is 10.2. The summed E-state index contributed by atoms with van der Waals surface area (Å²) in [5.74, 6) is 0.556. The van der Waals surface area contributed by atoms with Gasteiger partial charge in [0, 0.05) is 32.5 Å². The van der Waals surface area contributed by atoms with Crippen molar-refractivity contribution in [1.82, 2.24) is 13.9 Å². The van der Waals surface area contributed by atoms with Crippen LogP contribution >= 0.6 is 0 Å². The van der Waals surface area contributed by atoms with Gasteiger partial charge in [-0.05, 0) is 62.1 Å². The maximum absolute atomic E-state index is 13.0. The van der Waals surface area contributed by atoms with Crippen LogP contribution in [0.15, 0.2) is 41.3 Å². The highest BCUT2D eigenvalue weighted by Crippen LogP contribution is 2.27. The molecule has 2 aromatic carbocycles. The molecule has 9 heteroatoms. The van der Waals surface area contributed by atoms with E-state index >= 15 is 0 Å². The number of amides is 1. The van der Waals surface area contributed by atoms with Gasteiger partial charge in [-0.1, -0.05) is 13.0 Å². The number of phenols is 1. The highest BCUT2D eigenvalue weighted by atomic mass is 32.2. The predicted molar refractivity (Wildman–Crippen MR) is 128 cm³/mol. The molecule has 4 rings (SSSR count). The van der Waals surface area contributed by atoms with Crippen LogP contribution in [-0.4, -0.2) is 46.4 Å². The Kier molecular flexibility index (Phi) is 6.71. The van der Waals surface area contributed by atoms with Gasteiger partial charge >= 0.3 is 0 Å². The molecule has 1 fully saturated rings. The van der Waals surface area contributed by atoms with Crippen LogP contribution in [-0.2, 0) is 27.8 Å². The van der Waals surface area contributed by atoms with Crippen molar-refractivity contribution in [3.63, 3.8) is 0 Å². The molecule has 2 N–H and O–H groups in total. The second-order valence-corrected chi connectivity index (χ2v) is 10.4. The average Bonchev–Trinajstić information content (AvgIpc) is 3.43. The zero-order valence-electron chi connectivity index (χ0n) is 19.0. The van der Waals surface area contributed by atoms with E-state index in [1.54, 1.807) is 24.3 Å². The number of hydrogen-bond donors (Lipinski definition) is 2. The second kappa shape index (κ2) is 9.52. The molecule has 0 atom stereocenters. The molecule has 0 spiro atoms. The Morgan fingerprint density at radius 3 is 2.61 bits per heavy atom. The zero-order chi connectivity index (χ0) is 23.6. The molecule has 0 unspecified atom stereocenters. The molecule has 1 aliphatic rings. The van der Waals surface area contributed by atoms with Gasteiger partial charge in [0.2, 0.25) is 15.9 Å². The van der Waals surface area contributed by atoms with Crippen molar-refractivity contribution in [2.24, 2.45) is 0 Å². The number of hydrogen-bond acceptors (Lipinski definition) is 5. The van der Waals surface area contributed by atoms with Gasteiger partial charge in [-0.25, -0.2) is 13.4 Å². The summed E-state index contributed by atoms with van der Waals surface area (Å²) in [5, 5.41) is 12.8. The van der Waals surface area contributed by atoms with Gasteiger partial charge in [-0.2, -0.15) is 4.31 Å². The van der Waals surface area contributed by atoms with Gasteiger partial charge in [-0.15, -0.1) is 0 Å². The number of aromatic nitrogens is 2. The first-order valence-corrected chi connectivity index (χ1v) is 12.8. The molecule has 1 aliphatic heterocycles. The van der Waals surface area contributed by atoms with Crippen LogP contribution in [0.1, 0.15) is 44.0 Å². The molecule has 3 aromatic rings. The summed E-state index contributed by atoms with van der Waals surface area (Å²) in [6.07, 6.45) is 3.26. The number of benzene rings is 2. The monoisotopic (exact) mass is 470 g/mol. The first kappa shape index (κ1) is 23.3. The molecule has 8 nitrogen and oxygen atoms in total. The largest absolute Gasteiger partial charge is 0.506 e. The van der Waals surface area contributed by atoms with Crippen molar-refractivity contribution in [2.45, 2.75) is 57.4 Å². The number of rotatable bonds is 8. The molecule has 33 heavy (non-hydrogen) atoms. The zero-order valence-corrected chi connectivity index (χ0v) is 19.9. The number of nitrogens with zero attached hydrogens (tertiary/aromatic N) is 3. The fraction of sp³-hybridized carbons (Fsp3) is 0.417. The normalized spacial score (nSPS) is 14.7. The van der Waals surface area contributed by atoms with E-state index in [9.17, 15) is 18.3 Å². The number of aromatic hydroxyl groups is 1. The third-order valence-electron chi connectivity index (χ3n) is 5.95. The number of carbonyl (C=O) groups is 1. The quantitative estimate of drug-likeness (QED) is 0.487. The molecule has 0 bridgehead atoms. The fourth-order valence-electron chi connectivity index (χ4n) is 4.25. The van der Waals surface area contributed by atoms with E-state index in [2.05, 4.69) is 16.8 Å². The maximum Gasteiger partial charge on any atom is 0.243 e. The molecule has 1 saturated heterocycles. The summed E-state index contributed by atoms with van der Waals surface area (Å²) < 4.78 is 29.5. The standard InChI is InChI=1S/C24H30N4O4S/c1-3-12-28-21-9-7-18(33(31,32)27-13-4-5-14-27)16-20(21)25-23(28)10-11-24(30)26-19-8-6-17(2)15-22(19)29/h6-9,15-16,29H,3-5,10-14H2,1-2H3,(H,26,30). The maximum atomic E-state index is 13.0. The number of sulfonamides is 1. The van der Waals surface area contributed by atoms with Crippen LogP contribution in [0, 0.1) is 6.92 Å². The first-order valence-electron chi connectivity index (χ1n) is 11.4. The second-order valence-electron chi connectivity index (χ2n) is 8.51. The highest BCUT2D eigenvalue weighted by molar-refractivity contribution is 7.89. The highest BCUT2D eigenvalue weighted by Gasteiger charge is 2.28. The van der Waals surface area contributed by atoms with E-state index in [4.69, 9.17) is 4.98 Å². The Morgan fingerprint density at radius 2 is 1.91 bits per heavy atom. The van der Waals surface area contributed by atoms with Crippen molar-refractivity contribution in [1.29, 1.82) is 0 Å². The van der Waals surface area contributed by atoms with Gasteiger partial charge < -0.3 is 15.0 Å². The number of phenolic OH excluding ortho intramolecular Hbond substituents is 1. The number of imidazole rings is 1. The molecular formula is C24H30N4O4S. The molecular weight excluding hydrogens is 440 g/mol. The van der Waals surface area contributed by atoms with Crippen LogP contribution in [0.3, 0.4) is 0 Å². The number of aryl methyl sites for hydroxylation is 3. The molecule has 176 valence electrons. The molecule has 1 aromatic heterocycles. The van der Waals surface area contributed by atoms with E-state index in [1.165, 1.54) is 4.31 Å². The Bertz CT molecular complexity index is 1280. The van der Waals surface area contributed by atoms with Crippen molar-refractivity contribution in [2.75, 3.05) is 18.4 Å². The van der Waals surface area contributed by atoms with E-state index in [0.717, 1.165) is 42.7 Å². The average molecular weight is 471 g/mol. The minimum Gasteiger partial charge on any atom is -0.506 e. The smallest absolute Gasteiger partial charge is 0.243 e. The van der Waals surface area contributed by atoms with Crippen LogP contribution < -0.4 is 5.32 Å². The topological polar surface area (TPSA) is 105 Å². The Balaban J connectivity index is 1.55. The lowest BCUT2D eigenvalue weighted by Gasteiger charge is -2.15. The van der Waals surface area contributed by atoms with Gasteiger partial charge in [-0.3, -0.25) is 4.79 Å². The van der Waals surface area contributed by atoms with Gasteiger partial charge in [0.25, 0.3) is 0 Å². The van der Waals surface area contributed by atoms with E-state index in [0.29, 0.717) is 30.7 Å². The Morgan fingerprint density at radius 1 is 1.15 bits per heavy atom. The van der Waals surface area contributed by atoms with Crippen molar-refractivity contribution in [3.05, 3.63) is 47.8 Å². The van der Waals surface area contributed by atoms with Crippen molar-refractivity contribution in [3.8, 4) is 5.75 Å². The predicted octanol–water partition coefficient (Wildman–Crippen LogP) is 3.82. The van der Waals surface area contributed by atoms with Crippen LogP contribution in [0.2, 0.25) is 0 Å². The molecule has 1 amide bonds. The molecule has 0 aliphatic carbocycles. The SMILES string of the molecule is CCCn1c(CCC(=O)Nc2ccc(C)cc2O)nc2cc(S(=O)(=O)N3CCCC3)ccc21. The summed E-state index contributed by atoms with van der Waals surface area (Å²) in [7, 11) is -3.52. The first-order chi connectivity index (χ1) is 15.8. The van der Waals surface area contributed by atoms with Crippen molar-refractivity contribution < 1.29 is 18.3 Å². The molecule has 0 radical (unpaired) electrons. The number of anilines is 1. The van der Waals surface area contributed by atoms with E-state index in [-0.39, 0.29) is 23.0 Å². The van der Waals surface area contributed by atoms with Crippen LogP contribution in [0.4, 0.5) is 5.69 Å². The Hall–Kier alpha value is -2.91. The third kappa shape index (κ3) is 4.89. The van der Waals surface area contributed by atoms with Crippen molar-refractivity contribution >= 4 is 32.7 Å². The summed E-state index contributed by atoms with van der Waals surface area (Å²) >= 11 is 0. The lowest BCUT2D eigenvalue weighted by atomic mass is 10.2. The van der Waals surface area contributed by atoms with E-state index in [1.807, 2.05) is 19.1 Å². The van der Waals surface area contributed by atoms with Crippen LogP contribution in [0.5, 0.6) is 5.75 Å². The summed E-state index contributed by atoms with van der Waals surface area (Å²) in [5.41, 5.74) is 2.77. The van der Waals surface area contributed by atoms with Crippen LogP contribution in [0.25, 0.3) is 11.0 Å². The number of carbonyl (C=O) groups excluding carboxylic acids is 1. The molecule has 2 heterocycles. The Labute approximate surface area is 194 Å². The molecule has 0 saturated carbocycles. The van der Waals surface area contributed by atoms with E-state index < -0.39 is 10.0 Å². The summed E-state index contributed by atoms with van der Waals surface area (Å²) in [6.45, 7) is 5.77. The number of fused-ring (bicyclic) bond motifs is 1. The fourth-order valence-corrected chi connectivity index (χ4v) is 5.78.